The highest BCUT2D eigenvalue weighted by Gasteiger charge is 2.81. The van der Waals surface area contributed by atoms with Crippen LogP contribution in [0.1, 0.15) is 65.2 Å². The van der Waals surface area contributed by atoms with Crippen molar-refractivity contribution in [3.8, 4) is 0 Å². The van der Waals surface area contributed by atoms with Gasteiger partial charge in [-0.15, -0.1) is 0 Å². The van der Waals surface area contributed by atoms with Crippen molar-refractivity contribution < 1.29 is 48.0 Å². The van der Waals surface area contributed by atoms with Crippen LogP contribution in [0, 0.1) is 28.6 Å². The van der Waals surface area contributed by atoms with E-state index in [1.807, 2.05) is 27.7 Å². The predicted octanol–water partition coefficient (Wildman–Crippen LogP) is 3.79. The van der Waals surface area contributed by atoms with E-state index in [-0.39, 0.29) is 23.9 Å². The number of carbonyl (C=O) groups is 4. The first kappa shape index (κ1) is 28.9. The number of ether oxygens (including phenoxy) is 5. The fraction of sp³-hybridized carbons (Fsp3) is 0.625. The molecule has 1 spiro atoms. The lowest BCUT2D eigenvalue weighted by Crippen LogP contribution is -2.81. The Morgan fingerprint density at radius 2 is 1.74 bits per heavy atom. The third-order valence-corrected chi connectivity index (χ3v) is 11.2. The first-order valence-electron chi connectivity index (χ1n) is 14.5. The van der Waals surface area contributed by atoms with Gasteiger partial charge in [0.1, 0.15) is 18.0 Å². The second kappa shape index (κ2) is 9.13. The Balaban J connectivity index is 1.70. The van der Waals surface area contributed by atoms with Crippen molar-refractivity contribution in [2.24, 2.45) is 28.6 Å². The Labute approximate surface area is 244 Å². The van der Waals surface area contributed by atoms with Crippen molar-refractivity contribution >= 4 is 23.9 Å². The SMILES string of the molecule is CC(=O)O[C@@]12COC1C[C@H](C)[C@@]1(C)C(=O)[C@H](C)C3=C(C)[C@@H](O)[C@@H]4OC(=O)O[C@]4([C@@H](OC(=O)c4ccccc4)[C@@H]12)C3(C)C. The lowest BCUT2D eigenvalue weighted by molar-refractivity contribution is -0.339. The number of esters is 2. The maximum atomic E-state index is 14.9. The summed E-state index contributed by atoms with van der Waals surface area (Å²) in [6.45, 7) is 12.2. The molecule has 2 saturated carbocycles. The number of aliphatic hydroxyl groups excluding tert-OH is 1. The molecule has 0 amide bonds. The molecule has 0 aromatic heterocycles. The number of fused-ring (bicyclic) bond motifs is 4. The van der Waals surface area contributed by atoms with E-state index >= 15 is 0 Å². The summed E-state index contributed by atoms with van der Waals surface area (Å²) in [5, 5.41) is 11.7. The van der Waals surface area contributed by atoms with E-state index in [2.05, 4.69) is 0 Å². The van der Waals surface area contributed by atoms with E-state index in [4.69, 9.17) is 23.7 Å². The zero-order valence-electron chi connectivity index (χ0n) is 25.0. The normalized spacial score (nSPS) is 43.3. The molecule has 4 fully saturated rings. The van der Waals surface area contributed by atoms with E-state index in [9.17, 15) is 24.3 Å². The first-order chi connectivity index (χ1) is 19.6. The molecule has 42 heavy (non-hydrogen) atoms. The minimum Gasteiger partial charge on any atom is -0.454 e. The molecule has 2 aliphatic heterocycles. The summed E-state index contributed by atoms with van der Waals surface area (Å²) >= 11 is 0. The van der Waals surface area contributed by atoms with Crippen LogP contribution < -0.4 is 0 Å². The van der Waals surface area contributed by atoms with Gasteiger partial charge in [0.25, 0.3) is 0 Å². The highest BCUT2D eigenvalue weighted by atomic mass is 16.8. The van der Waals surface area contributed by atoms with Crippen LogP contribution in [0.3, 0.4) is 0 Å². The van der Waals surface area contributed by atoms with Crippen LogP contribution in [0.15, 0.2) is 41.5 Å². The molecule has 2 bridgehead atoms. The van der Waals surface area contributed by atoms with Gasteiger partial charge in [-0.2, -0.15) is 0 Å². The Morgan fingerprint density at radius 1 is 1.07 bits per heavy atom. The summed E-state index contributed by atoms with van der Waals surface area (Å²) in [5.41, 5.74) is -4.18. The van der Waals surface area contributed by atoms with Crippen LogP contribution in [0.4, 0.5) is 4.79 Å². The summed E-state index contributed by atoms with van der Waals surface area (Å²) < 4.78 is 30.5. The molecule has 10 atom stereocenters. The van der Waals surface area contributed by atoms with Gasteiger partial charge >= 0.3 is 18.1 Å². The molecule has 3 aliphatic carbocycles. The molecule has 5 aliphatic rings. The molecule has 226 valence electrons. The van der Waals surface area contributed by atoms with Crippen LogP contribution in [-0.2, 0) is 33.3 Å². The predicted molar refractivity (Wildman–Crippen MR) is 146 cm³/mol. The van der Waals surface area contributed by atoms with Crippen LogP contribution in [-0.4, -0.2) is 71.2 Å². The van der Waals surface area contributed by atoms with Gasteiger partial charge in [-0.25, -0.2) is 9.59 Å². The zero-order valence-corrected chi connectivity index (χ0v) is 25.0. The van der Waals surface area contributed by atoms with Gasteiger partial charge in [0.05, 0.1) is 18.1 Å². The molecule has 1 aromatic rings. The topological polar surface area (TPSA) is 135 Å². The summed E-state index contributed by atoms with van der Waals surface area (Å²) in [4.78, 5) is 54.6. The van der Waals surface area contributed by atoms with Crippen LogP contribution in [0.25, 0.3) is 0 Å². The molecule has 1 N–H and O–H groups in total. The molecular weight excluding hydrogens is 544 g/mol. The quantitative estimate of drug-likeness (QED) is 0.319. The van der Waals surface area contributed by atoms with Crippen LogP contribution in [0.5, 0.6) is 0 Å². The zero-order chi connectivity index (χ0) is 30.6. The van der Waals surface area contributed by atoms with E-state index in [0.717, 1.165) is 0 Å². The summed E-state index contributed by atoms with van der Waals surface area (Å²) in [6, 6.07) is 8.35. The lowest BCUT2D eigenvalue weighted by Gasteiger charge is -2.68. The van der Waals surface area contributed by atoms with Gasteiger partial charge in [0.2, 0.25) is 5.60 Å². The smallest absolute Gasteiger partial charge is 0.454 e. The Bertz CT molecular complexity index is 1400. The maximum Gasteiger partial charge on any atom is 0.509 e. The van der Waals surface area contributed by atoms with Crippen molar-refractivity contribution in [1.29, 1.82) is 0 Å². The Morgan fingerprint density at radius 3 is 2.33 bits per heavy atom. The minimum atomic E-state index is -1.78. The summed E-state index contributed by atoms with van der Waals surface area (Å²) in [6.07, 6.45) is -5.17. The molecule has 10 nitrogen and oxygen atoms in total. The van der Waals surface area contributed by atoms with Crippen LogP contribution >= 0.6 is 0 Å². The van der Waals surface area contributed by atoms with Crippen LogP contribution in [0.2, 0.25) is 0 Å². The molecule has 1 unspecified atom stereocenters. The first-order valence-corrected chi connectivity index (χ1v) is 14.5. The standard InChI is InChI=1S/C32H38O10/c1-15-13-20-31(14-38-20,41-18(4)33)23-26(39-27(36)19-11-9-8-10-12-19)32-25(40-28(37)42-32)22(34)16(2)21(29(32,5)6)17(3)24(35)30(15,23)7/h8-12,15,17,20,22-23,25-26,34H,13-14H2,1-7H3/t15-,17+,20?,22+,23-,25-,26-,30+,31-,32+/m0/s1. The molecule has 0 radical (unpaired) electrons. The van der Waals surface area contributed by atoms with Gasteiger partial charge in [-0.3, -0.25) is 9.59 Å². The van der Waals surface area contributed by atoms with Gasteiger partial charge in [-0.05, 0) is 42.5 Å². The average Bonchev–Trinajstić information content (AvgIpc) is 3.30. The molecule has 6 rings (SSSR count). The minimum absolute atomic E-state index is 0.0362. The monoisotopic (exact) mass is 582 g/mol. The molecular formula is C32H38O10. The fourth-order valence-corrected chi connectivity index (χ4v) is 9.20. The van der Waals surface area contributed by atoms with E-state index in [0.29, 0.717) is 17.6 Å². The highest BCUT2D eigenvalue weighted by molar-refractivity contribution is 5.92. The van der Waals surface area contributed by atoms with Crippen molar-refractivity contribution in [1.82, 2.24) is 0 Å². The van der Waals surface area contributed by atoms with E-state index in [1.165, 1.54) is 6.92 Å². The number of hydrogen-bond acceptors (Lipinski definition) is 10. The number of carbonyl (C=O) groups excluding carboxylic acids is 4. The second-order valence-corrected chi connectivity index (χ2v) is 13.4. The number of aliphatic hydroxyl groups is 1. The molecule has 2 heterocycles. The van der Waals surface area contributed by atoms with E-state index < -0.39 is 76.4 Å². The van der Waals surface area contributed by atoms with Crippen molar-refractivity contribution in [2.75, 3.05) is 6.61 Å². The van der Waals surface area contributed by atoms with Gasteiger partial charge < -0.3 is 28.8 Å². The summed E-state index contributed by atoms with van der Waals surface area (Å²) in [5.74, 6) is -3.45. The Kier molecular flexibility index (Phi) is 6.27. The largest absolute Gasteiger partial charge is 0.509 e. The number of hydrogen-bond donors (Lipinski definition) is 1. The van der Waals surface area contributed by atoms with Crippen molar-refractivity contribution in [3.63, 3.8) is 0 Å². The average molecular weight is 583 g/mol. The van der Waals surface area contributed by atoms with Gasteiger partial charge in [0.15, 0.2) is 17.8 Å². The lowest BCUT2D eigenvalue weighted by atomic mass is 9.42. The maximum absolute atomic E-state index is 14.9. The van der Waals surface area contributed by atoms with E-state index in [1.54, 1.807) is 44.2 Å². The number of rotatable bonds is 3. The summed E-state index contributed by atoms with van der Waals surface area (Å²) in [7, 11) is 0. The molecule has 1 aromatic carbocycles. The number of ketones is 1. The van der Waals surface area contributed by atoms with Crippen molar-refractivity contribution in [3.05, 3.63) is 47.0 Å². The van der Waals surface area contributed by atoms with Gasteiger partial charge in [-0.1, -0.05) is 52.8 Å². The fourth-order valence-electron chi connectivity index (χ4n) is 9.20. The Hall–Kier alpha value is -3.24. The second-order valence-electron chi connectivity index (χ2n) is 13.4. The third-order valence-electron chi connectivity index (χ3n) is 11.2. The molecule has 2 saturated heterocycles. The van der Waals surface area contributed by atoms with Crippen molar-refractivity contribution in [2.45, 2.75) is 90.5 Å². The highest BCUT2D eigenvalue weighted by Crippen LogP contribution is 2.68. The number of benzene rings is 1. The number of Topliss-reactive ketones (excluding diaryl/α,β-unsaturated/α-hetero) is 1. The third kappa shape index (κ3) is 3.39. The van der Waals surface area contributed by atoms with Gasteiger partial charge in [0, 0.05) is 23.7 Å². The molecule has 10 heteroatoms.